The number of carboxylic acid groups (broad SMARTS) is 1. The second-order valence-electron chi connectivity index (χ2n) is 6.05. The third kappa shape index (κ3) is 2.65. The summed E-state index contributed by atoms with van der Waals surface area (Å²) in [6.07, 6.45) is -1.64. The van der Waals surface area contributed by atoms with Gasteiger partial charge < -0.3 is 9.84 Å². The highest BCUT2D eigenvalue weighted by atomic mass is 16.6. The normalized spacial score (nSPS) is 25.4. The lowest BCUT2D eigenvalue weighted by Gasteiger charge is -2.22. The highest BCUT2D eigenvalue weighted by molar-refractivity contribution is 5.81. The molecule has 4 rings (SSSR count). The number of benzene rings is 2. The van der Waals surface area contributed by atoms with Crippen LogP contribution in [0.3, 0.4) is 0 Å². The molecule has 1 N–H and O–H groups in total. The minimum absolute atomic E-state index is 0.0604. The molecule has 1 saturated heterocycles. The van der Waals surface area contributed by atoms with Gasteiger partial charge in [0.1, 0.15) is 12.6 Å². The number of hydrogen-bond acceptors (Lipinski definition) is 3. The lowest BCUT2D eigenvalue weighted by atomic mass is 9.98. The third-order valence-electron chi connectivity index (χ3n) is 4.67. The fourth-order valence-electron chi connectivity index (χ4n) is 3.53. The summed E-state index contributed by atoms with van der Waals surface area (Å²) >= 11 is 0. The summed E-state index contributed by atoms with van der Waals surface area (Å²) in [5, 5.41) is 9.36. The number of carboxylic acids is 1. The van der Waals surface area contributed by atoms with Crippen LogP contribution in [-0.2, 0) is 9.53 Å². The Kier molecular flexibility index (Phi) is 3.13. The van der Waals surface area contributed by atoms with Gasteiger partial charge in [-0.15, -0.1) is 0 Å². The van der Waals surface area contributed by atoms with Crippen LogP contribution in [0.25, 0.3) is 11.1 Å². The molecule has 0 saturated carbocycles. The maximum atomic E-state index is 12.6. The maximum Gasteiger partial charge on any atom is 0.410 e. The predicted octanol–water partition coefficient (Wildman–Crippen LogP) is 3.48. The van der Waals surface area contributed by atoms with Crippen molar-refractivity contribution in [1.29, 1.82) is 0 Å². The Balaban J connectivity index is 1.60. The van der Waals surface area contributed by atoms with E-state index >= 15 is 0 Å². The van der Waals surface area contributed by atoms with Crippen molar-refractivity contribution in [2.45, 2.75) is 24.8 Å². The van der Waals surface area contributed by atoms with Crippen LogP contribution < -0.4 is 0 Å². The van der Waals surface area contributed by atoms with E-state index in [1.807, 2.05) is 48.5 Å². The molecule has 0 radical (unpaired) electrons. The van der Waals surface area contributed by atoms with Crippen molar-refractivity contribution >= 4 is 12.1 Å². The highest BCUT2D eigenvalue weighted by Crippen LogP contribution is 2.44. The van der Waals surface area contributed by atoms with E-state index in [-0.39, 0.29) is 25.4 Å². The summed E-state index contributed by atoms with van der Waals surface area (Å²) in [5.41, 5.74) is 4.10. The van der Waals surface area contributed by atoms with Crippen molar-refractivity contribution in [2.75, 3.05) is 13.1 Å². The second kappa shape index (κ2) is 6.24. The fourth-order valence-corrected chi connectivity index (χ4v) is 3.53. The number of hydrogen-bond donors (Lipinski definition) is 1. The number of carbonyl (C=O) groups excluding carboxylic acids is 1. The molecule has 5 heteroatoms. The SMILES string of the molecule is [2H]C1([2H])CC[C@@]([2H])(C(=O)O)N1C(=O)OCC1c2ccccc2-c2ccccc21. The van der Waals surface area contributed by atoms with Gasteiger partial charge in [-0.3, -0.25) is 4.90 Å². The van der Waals surface area contributed by atoms with E-state index < -0.39 is 24.6 Å². The van der Waals surface area contributed by atoms with Crippen LogP contribution in [-0.4, -0.2) is 41.2 Å². The number of carbonyl (C=O) groups is 2. The van der Waals surface area contributed by atoms with E-state index in [9.17, 15) is 14.7 Å². The molecule has 25 heavy (non-hydrogen) atoms. The molecule has 2 aliphatic rings. The first-order chi connectivity index (χ1) is 13.3. The van der Waals surface area contributed by atoms with Gasteiger partial charge in [-0.05, 0) is 35.1 Å². The Morgan fingerprint density at radius 2 is 1.76 bits per heavy atom. The van der Waals surface area contributed by atoms with Crippen molar-refractivity contribution in [3.63, 3.8) is 0 Å². The summed E-state index contributed by atoms with van der Waals surface area (Å²) in [7, 11) is 0. The average molecular weight is 340 g/mol. The summed E-state index contributed by atoms with van der Waals surface area (Å²) < 4.78 is 29.4. The molecule has 1 aliphatic heterocycles. The summed E-state index contributed by atoms with van der Waals surface area (Å²) in [6, 6.07) is 13.2. The Morgan fingerprint density at radius 3 is 2.36 bits per heavy atom. The first kappa shape index (κ1) is 12.5. The lowest BCUT2D eigenvalue weighted by Crippen LogP contribution is -2.41. The minimum Gasteiger partial charge on any atom is -0.480 e. The quantitative estimate of drug-likeness (QED) is 0.929. The topological polar surface area (TPSA) is 66.8 Å². The van der Waals surface area contributed by atoms with Gasteiger partial charge in [0.25, 0.3) is 0 Å². The van der Waals surface area contributed by atoms with Crippen LogP contribution in [0.1, 0.15) is 34.0 Å². The maximum absolute atomic E-state index is 12.6. The van der Waals surface area contributed by atoms with E-state index in [0.29, 0.717) is 4.90 Å². The molecule has 0 aromatic heterocycles. The van der Waals surface area contributed by atoms with Gasteiger partial charge in [0.15, 0.2) is 0 Å². The molecule has 5 nitrogen and oxygen atoms in total. The average Bonchev–Trinajstić information content (AvgIpc) is 3.12. The molecular formula is C20H19NO4. The van der Waals surface area contributed by atoms with Gasteiger partial charge in [-0.25, -0.2) is 9.59 Å². The lowest BCUT2D eigenvalue weighted by molar-refractivity contribution is -0.141. The third-order valence-corrected chi connectivity index (χ3v) is 4.67. The van der Waals surface area contributed by atoms with E-state index in [4.69, 9.17) is 8.85 Å². The van der Waals surface area contributed by atoms with Gasteiger partial charge >= 0.3 is 12.1 Å². The van der Waals surface area contributed by atoms with Crippen molar-refractivity contribution < 1.29 is 23.5 Å². The fraction of sp³-hybridized carbons (Fsp3) is 0.300. The Morgan fingerprint density at radius 1 is 1.16 bits per heavy atom. The molecule has 1 aliphatic carbocycles. The molecule has 128 valence electrons. The monoisotopic (exact) mass is 340 g/mol. The predicted molar refractivity (Wildman–Crippen MR) is 92.4 cm³/mol. The zero-order valence-electron chi connectivity index (χ0n) is 16.4. The number of aliphatic carboxylic acids is 1. The van der Waals surface area contributed by atoms with Crippen molar-refractivity contribution in [1.82, 2.24) is 4.90 Å². The molecule has 2 aromatic carbocycles. The Labute approximate surface area is 150 Å². The van der Waals surface area contributed by atoms with Crippen molar-refractivity contribution in [3.8, 4) is 11.1 Å². The zero-order valence-corrected chi connectivity index (χ0v) is 13.4. The molecule has 0 unspecified atom stereocenters. The number of amides is 1. The second-order valence-corrected chi connectivity index (χ2v) is 6.05. The van der Waals surface area contributed by atoms with Crippen LogP contribution in [0.4, 0.5) is 4.79 Å². The number of fused-ring (bicyclic) bond motifs is 3. The van der Waals surface area contributed by atoms with Crippen molar-refractivity contribution in [2.24, 2.45) is 0 Å². The Bertz CT molecular complexity index is 918. The zero-order chi connectivity index (χ0) is 20.1. The first-order valence-corrected chi connectivity index (χ1v) is 8.14. The minimum atomic E-state index is -2.37. The van der Waals surface area contributed by atoms with Crippen LogP contribution >= 0.6 is 0 Å². The number of nitrogens with zero attached hydrogens (tertiary/aromatic N) is 1. The van der Waals surface area contributed by atoms with E-state index in [2.05, 4.69) is 0 Å². The molecule has 2 aromatic rings. The molecule has 1 heterocycles. The highest BCUT2D eigenvalue weighted by Gasteiger charge is 2.36. The molecule has 1 fully saturated rings. The molecule has 0 spiro atoms. The number of likely N-dealkylation sites (tertiary alicyclic amines) is 1. The van der Waals surface area contributed by atoms with Gasteiger partial charge in [-0.1, -0.05) is 48.5 Å². The van der Waals surface area contributed by atoms with Crippen LogP contribution in [0.15, 0.2) is 48.5 Å². The van der Waals surface area contributed by atoms with E-state index in [0.717, 1.165) is 22.3 Å². The number of rotatable bonds is 3. The van der Waals surface area contributed by atoms with Crippen LogP contribution in [0, 0.1) is 0 Å². The molecule has 0 bridgehead atoms. The molecule has 1 amide bonds. The van der Waals surface area contributed by atoms with Crippen LogP contribution in [0.2, 0.25) is 0 Å². The first-order valence-electron chi connectivity index (χ1n) is 9.64. The summed E-state index contributed by atoms with van der Waals surface area (Å²) in [6.45, 7) is -2.31. The van der Waals surface area contributed by atoms with Crippen molar-refractivity contribution in [3.05, 3.63) is 59.7 Å². The Hall–Kier alpha value is -2.82. The van der Waals surface area contributed by atoms with Crippen LogP contribution in [0.5, 0.6) is 0 Å². The molecule has 1 atom stereocenters. The number of ether oxygens (including phenoxy) is 1. The molecular weight excluding hydrogens is 318 g/mol. The summed E-state index contributed by atoms with van der Waals surface area (Å²) in [5.74, 6) is -1.79. The standard InChI is InChI=1S/C20H19NO4/c22-19(23)18-10-5-11-21(18)20(24)25-12-17-15-8-3-1-6-13(15)14-7-2-4-9-16(14)17/h1-4,6-9,17-18H,5,10-12H2,(H,22,23)/t18-/m0/s1/i11D2,18D. The largest absolute Gasteiger partial charge is 0.480 e. The van der Waals surface area contributed by atoms with E-state index in [1.54, 1.807) is 0 Å². The summed E-state index contributed by atoms with van der Waals surface area (Å²) in [4.78, 5) is 24.6. The van der Waals surface area contributed by atoms with Gasteiger partial charge in [-0.2, -0.15) is 0 Å². The smallest absolute Gasteiger partial charge is 0.410 e. The van der Waals surface area contributed by atoms with Gasteiger partial charge in [0, 0.05) is 15.2 Å². The van der Waals surface area contributed by atoms with E-state index in [1.165, 1.54) is 0 Å². The van der Waals surface area contributed by atoms with Gasteiger partial charge in [0.2, 0.25) is 0 Å². The van der Waals surface area contributed by atoms with Gasteiger partial charge in [0.05, 0.1) is 1.37 Å².